The smallest absolute Gasteiger partial charge is 0.119 e. The van der Waals surface area contributed by atoms with Crippen molar-refractivity contribution in [2.75, 3.05) is 6.54 Å². The number of nitrogens with one attached hydrogen (secondary N) is 1. The molecule has 1 aromatic carbocycles. The zero-order chi connectivity index (χ0) is 14.8. The van der Waals surface area contributed by atoms with Gasteiger partial charge in [0.15, 0.2) is 0 Å². The van der Waals surface area contributed by atoms with E-state index in [1.807, 2.05) is 38.1 Å². The van der Waals surface area contributed by atoms with Gasteiger partial charge >= 0.3 is 0 Å². The van der Waals surface area contributed by atoms with E-state index in [2.05, 4.69) is 5.32 Å². The summed E-state index contributed by atoms with van der Waals surface area (Å²) in [5.74, 6) is 2.50. The summed E-state index contributed by atoms with van der Waals surface area (Å²) >= 11 is 0. The molecular weight excluding hydrogens is 262 g/mol. The molecule has 0 amide bonds. The minimum absolute atomic E-state index is 0.183. The first kappa shape index (κ1) is 14.9. The molecule has 0 aromatic heterocycles. The second-order valence-corrected chi connectivity index (χ2v) is 6.86. The highest BCUT2D eigenvalue weighted by molar-refractivity contribution is 5.28. The molecule has 0 radical (unpaired) electrons. The van der Waals surface area contributed by atoms with Gasteiger partial charge in [0, 0.05) is 6.04 Å². The Labute approximate surface area is 127 Å². The summed E-state index contributed by atoms with van der Waals surface area (Å²) in [6.45, 7) is 5.18. The van der Waals surface area contributed by atoms with Gasteiger partial charge in [0.25, 0.3) is 0 Å². The maximum absolute atomic E-state index is 10.5. The van der Waals surface area contributed by atoms with Crippen LogP contribution in [0.4, 0.5) is 0 Å². The van der Waals surface area contributed by atoms with Gasteiger partial charge in [-0.2, -0.15) is 0 Å². The van der Waals surface area contributed by atoms with Crippen LogP contribution in [0.25, 0.3) is 0 Å². The van der Waals surface area contributed by atoms with Crippen LogP contribution >= 0.6 is 0 Å². The molecule has 3 heteroatoms. The van der Waals surface area contributed by atoms with E-state index in [1.165, 1.54) is 19.3 Å². The van der Waals surface area contributed by atoms with Crippen LogP contribution in [0, 0.1) is 11.8 Å². The highest BCUT2D eigenvalue weighted by Crippen LogP contribution is 2.40. The Bertz CT molecular complexity index is 457. The number of ether oxygens (including phenoxy) is 1. The van der Waals surface area contributed by atoms with E-state index in [0.29, 0.717) is 6.04 Å². The van der Waals surface area contributed by atoms with E-state index in [9.17, 15) is 5.11 Å². The first-order chi connectivity index (χ1) is 10.1. The molecule has 2 aliphatic rings. The molecule has 0 bridgehead atoms. The van der Waals surface area contributed by atoms with E-state index in [4.69, 9.17) is 4.74 Å². The molecule has 3 nitrogen and oxygen atoms in total. The van der Waals surface area contributed by atoms with Gasteiger partial charge in [0.05, 0.1) is 12.2 Å². The Balaban J connectivity index is 1.58. The molecule has 1 saturated carbocycles. The molecule has 3 rings (SSSR count). The number of aliphatic hydroxyl groups excluding tert-OH is 1. The summed E-state index contributed by atoms with van der Waals surface area (Å²) in [6, 6.07) is 8.38. The number of hydrogen-bond donors (Lipinski definition) is 2. The van der Waals surface area contributed by atoms with Crippen LogP contribution in [-0.4, -0.2) is 23.8 Å². The zero-order valence-corrected chi connectivity index (χ0v) is 13.1. The Hall–Kier alpha value is -1.06. The minimum atomic E-state index is -0.380. The third kappa shape index (κ3) is 3.41. The van der Waals surface area contributed by atoms with E-state index in [-0.39, 0.29) is 12.2 Å². The summed E-state index contributed by atoms with van der Waals surface area (Å²) in [6.07, 6.45) is 4.69. The molecule has 116 valence electrons. The lowest BCUT2D eigenvalue weighted by Gasteiger charge is -2.22. The molecule has 4 atom stereocenters. The molecule has 1 heterocycles. The lowest BCUT2D eigenvalue weighted by atomic mass is 9.89. The average molecular weight is 289 g/mol. The summed E-state index contributed by atoms with van der Waals surface area (Å²) in [5, 5.41) is 14.1. The first-order valence-electron chi connectivity index (χ1n) is 8.31. The van der Waals surface area contributed by atoms with Gasteiger partial charge < -0.3 is 15.2 Å². The molecule has 2 N–H and O–H groups in total. The third-order valence-corrected chi connectivity index (χ3v) is 4.99. The van der Waals surface area contributed by atoms with Crippen molar-refractivity contribution in [2.24, 2.45) is 11.8 Å². The predicted octanol–water partition coefficient (Wildman–Crippen LogP) is 3.29. The lowest BCUT2D eigenvalue weighted by molar-refractivity contribution is 0.144. The monoisotopic (exact) mass is 289 g/mol. The normalized spacial score (nSPS) is 29.6. The van der Waals surface area contributed by atoms with Crippen LogP contribution in [0.15, 0.2) is 24.3 Å². The van der Waals surface area contributed by atoms with Crippen LogP contribution in [0.3, 0.4) is 0 Å². The fourth-order valence-corrected chi connectivity index (χ4v) is 3.98. The Kier molecular flexibility index (Phi) is 4.51. The largest absolute Gasteiger partial charge is 0.491 e. The van der Waals surface area contributed by atoms with Crippen LogP contribution in [0.5, 0.6) is 5.75 Å². The van der Waals surface area contributed by atoms with E-state index in [1.54, 1.807) is 0 Å². The van der Waals surface area contributed by atoms with Crippen LogP contribution in [0.1, 0.15) is 51.2 Å². The van der Waals surface area contributed by atoms with Gasteiger partial charge in [-0.25, -0.2) is 0 Å². The van der Waals surface area contributed by atoms with Gasteiger partial charge in [-0.1, -0.05) is 18.6 Å². The summed E-state index contributed by atoms with van der Waals surface area (Å²) in [5.41, 5.74) is 0.995. The first-order valence-corrected chi connectivity index (χ1v) is 8.31. The van der Waals surface area contributed by atoms with E-state index < -0.39 is 0 Å². The number of benzene rings is 1. The lowest BCUT2D eigenvalue weighted by Crippen LogP contribution is -2.28. The van der Waals surface area contributed by atoms with Crippen LogP contribution in [0.2, 0.25) is 0 Å². The molecule has 1 aliphatic heterocycles. The van der Waals surface area contributed by atoms with Crippen molar-refractivity contribution in [1.29, 1.82) is 0 Å². The standard InChI is InChI=1S/C18H27NO2/c1-12(2)21-15-8-6-13(7-9-15)18(20)10-17-16-5-3-4-14(16)11-19-17/h6-9,12,14,16-20H,3-5,10-11H2,1-2H3. The second kappa shape index (κ2) is 6.37. The third-order valence-electron chi connectivity index (χ3n) is 4.99. The maximum Gasteiger partial charge on any atom is 0.119 e. The van der Waals surface area contributed by atoms with Gasteiger partial charge in [0.2, 0.25) is 0 Å². The predicted molar refractivity (Wildman–Crippen MR) is 84.4 cm³/mol. The summed E-state index contributed by atoms with van der Waals surface area (Å²) < 4.78 is 5.65. The quantitative estimate of drug-likeness (QED) is 0.874. The van der Waals surface area contributed by atoms with Gasteiger partial charge in [0.1, 0.15) is 5.75 Å². The SMILES string of the molecule is CC(C)Oc1ccc(C(O)CC2NCC3CCCC32)cc1. The van der Waals surface area contributed by atoms with Crippen molar-refractivity contribution >= 4 is 0 Å². The Morgan fingerprint density at radius 3 is 2.71 bits per heavy atom. The highest BCUT2D eigenvalue weighted by atomic mass is 16.5. The summed E-state index contributed by atoms with van der Waals surface area (Å²) in [4.78, 5) is 0. The zero-order valence-electron chi connectivity index (χ0n) is 13.1. The average Bonchev–Trinajstić information content (AvgIpc) is 3.04. The van der Waals surface area contributed by atoms with Gasteiger partial charge in [-0.3, -0.25) is 0 Å². The summed E-state index contributed by atoms with van der Waals surface area (Å²) in [7, 11) is 0. The molecule has 1 aliphatic carbocycles. The Morgan fingerprint density at radius 1 is 1.24 bits per heavy atom. The van der Waals surface area contributed by atoms with Crippen LogP contribution < -0.4 is 10.1 Å². The number of aliphatic hydroxyl groups is 1. The van der Waals surface area contributed by atoms with Crippen molar-refractivity contribution in [1.82, 2.24) is 5.32 Å². The Morgan fingerprint density at radius 2 is 2.00 bits per heavy atom. The van der Waals surface area contributed by atoms with Gasteiger partial charge in [-0.15, -0.1) is 0 Å². The second-order valence-electron chi connectivity index (χ2n) is 6.86. The molecule has 21 heavy (non-hydrogen) atoms. The van der Waals surface area contributed by atoms with E-state index in [0.717, 1.165) is 36.1 Å². The molecule has 0 spiro atoms. The maximum atomic E-state index is 10.5. The highest BCUT2D eigenvalue weighted by Gasteiger charge is 2.39. The van der Waals surface area contributed by atoms with Crippen molar-refractivity contribution in [2.45, 2.75) is 57.8 Å². The number of hydrogen-bond acceptors (Lipinski definition) is 3. The topological polar surface area (TPSA) is 41.5 Å². The molecule has 1 aromatic rings. The van der Waals surface area contributed by atoms with Crippen molar-refractivity contribution < 1.29 is 9.84 Å². The van der Waals surface area contributed by atoms with Crippen LogP contribution in [-0.2, 0) is 0 Å². The van der Waals surface area contributed by atoms with Gasteiger partial charge in [-0.05, 0) is 69.2 Å². The number of rotatable bonds is 5. The fourth-order valence-electron chi connectivity index (χ4n) is 3.98. The number of fused-ring (bicyclic) bond motifs is 1. The molecule has 4 unspecified atom stereocenters. The molecular formula is C18H27NO2. The minimum Gasteiger partial charge on any atom is -0.491 e. The molecule has 1 saturated heterocycles. The van der Waals surface area contributed by atoms with Crippen molar-refractivity contribution in [3.63, 3.8) is 0 Å². The fraction of sp³-hybridized carbons (Fsp3) is 0.667. The van der Waals surface area contributed by atoms with Crippen molar-refractivity contribution in [3.05, 3.63) is 29.8 Å². The molecule has 2 fully saturated rings. The van der Waals surface area contributed by atoms with Crippen molar-refractivity contribution in [3.8, 4) is 5.75 Å². The van der Waals surface area contributed by atoms with E-state index >= 15 is 0 Å².